The van der Waals surface area contributed by atoms with Crippen LogP contribution in [-0.4, -0.2) is 78.8 Å². The third kappa shape index (κ3) is 4.96. The Bertz CT molecular complexity index is 1510. The molecule has 38 heavy (non-hydrogen) atoms. The minimum absolute atomic E-state index is 0.00378. The van der Waals surface area contributed by atoms with Gasteiger partial charge < -0.3 is 25.4 Å². The third-order valence-corrected chi connectivity index (χ3v) is 7.54. The van der Waals surface area contributed by atoms with Crippen molar-refractivity contribution in [2.75, 3.05) is 38.0 Å². The molecule has 0 aliphatic carbocycles. The molecular weight excluding hydrogens is 478 g/mol. The Hall–Kier alpha value is -3.92. The Morgan fingerprint density at radius 2 is 1.97 bits per heavy atom. The van der Waals surface area contributed by atoms with Crippen LogP contribution in [0.3, 0.4) is 0 Å². The Morgan fingerprint density at radius 3 is 2.76 bits per heavy atom. The first kappa shape index (κ1) is 24.4. The molecule has 6 rings (SSSR count). The van der Waals surface area contributed by atoms with Crippen LogP contribution >= 0.6 is 0 Å². The van der Waals surface area contributed by atoms with E-state index >= 15 is 0 Å². The van der Waals surface area contributed by atoms with Crippen molar-refractivity contribution in [1.29, 1.82) is 0 Å². The number of H-pyrrole nitrogens is 1. The van der Waals surface area contributed by atoms with Gasteiger partial charge in [0.25, 0.3) is 0 Å². The molecule has 4 aromatic rings. The molecule has 0 bridgehead atoms. The number of benzene rings is 1. The average Bonchev–Trinajstić information content (AvgIpc) is 3.64. The van der Waals surface area contributed by atoms with Crippen molar-refractivity contribution >= 4 is 45.0 Å². The molecule has 3 aromatic heterocycles. The smallest absolute Gasteiger partial charge is 0.318 e. The highest BCUT2D eigenvalue weighted by molar-refractivity contribution is 5.93. The fourth-order valence-corrected chi connectivity index (χ4v) is 5.60. The molecule has 3 N–H and O–H groups in total. The first-order valence-corrected chi connectivity index (χ1v) is 13.4. The highest BCUT2D eigenvalue weighted by atomic mass is 16.2. The summed E-state index contributed by atoms with van der Waals surface area (Å²) in [5, 5.41) is 13.0. The summed E-state index contributed by atoms with van der Waals surface area (Å²) in [5.74, 6) is 0.749. The molecule has 0 spiro atoms. The Labute approximate surface area is 222 Å². The number of anilines is 2. The number of carbonyl (C=O) groups excluding carboxylic acids is 1. The molecule has 2 amide bonds. The highest BCUT2D eigenvalue weighted by Crippen LogP contribution is 2.30. The second-order valence-corrected chi connectivity index (χ2v) is 11.1. The van der Waals surface area contributed by atoms with Crippen LogP contribution in [0.1, 0.15) is 38.8 Å². The van der Waals surface area contributed by atoms with Gasteiger partial charge in [-0.05, 0) is 76.0 Å². The van der Waals surface area contributed by atoms with Crippen molar-refractivity contribution < 1.29 is 4.79 Å². The minimum Gasteiger partial charge on any atom is -0.340 e. The Kier molecular flexibility index (Phi) is 6.27. The van der Waals surface area contributed by atoms with Crippen molar-refractivity contribution in [3.05, 3.63) is 48.6 Å². The van der Waals surface area contributed by atoms with Gasteiger partial charge in [0.1, 0.15) is 17.8 Å². The van der Waals surface area contributed by atoms with Gasteiger partial charge in [0.05, 0.1) is 17.1 Å². The molecule has 10 heteroatoms. The Morgan fingerprint density at radius 1 is 1.13 bits per heavy atom. The zero-order valence-electron chi connectivity index (χ0n) is 22.3. The van der Waals surface area contributed by atoms with E-state index in [0.29, 0.717) is 13.1 Å². The maximum Gasteiger partial charge on any atom is 0.318 e. The number of nitrogens with one attached hydrogen (secondary N) is 3. The summed E-state index contributed by atoms with van der Waals surface area (Å²) in [6.07, 6.45) is 8.85. The molecule has 198 valence electrons. The quantitative estimate of drug-likeness (QED) is 0.356. The molecule has 1 aromatic carbocycles. The van der Waals surface area contributed by atoms with E-state index in [4.69, 9.17) is 0 Å². The lowest BCUT2D eigenvalue weighted by atomic mass is 10.0. The molecule has 0 saturated carbocycles. The van der Waals surface area contributed by atoms with Crippen LogP contribution in [0.2, 0.25) is 0 Å². The molecule has 2 aliphatic heterocycles. The number of amides is 2. The third-order valence-electron chi connectivity index (χ3n) is 7.54. The van der Waals surface area contributed by atoms with Gasteiger partial charge in [0, 0.05) is 49.0 Å². The zero-order valence-corrected chi connectivity index (χ0v) is 22.3. The van der Waals surface area contributed by atoms with Crippen LogP contribution < -0.4 is 10.6 Å². The fourth-order valence-electron chi connectivity index (χ4n) is 5.60. The van der Waals surface area contributed by atoms with Gasteiger partial charge in [-0.3, -0.25) is 4.68 Å². The summed E-state index contributed by atoms with van der Waals surface area (Å²) in [4.78, 5) is 29.7. The lowest BCUT2D eigenvalue weighted by Crippen LogP contribution is -2.55. The second kappa shape index (κ2) is 9.75. The predicted molar refractivity (Wildman–Crippen MR) is 150 cm³/mol. The summed E-state index contributed by atoms with van der Waals surface area (Å²) in [6, 6.07) is 8.25. The van der Waals surface area contributed by atoms with E-state index in [-0.39, 0.29) is 11.6 Å². The molecule has 1 saturated heterocycles. The van der Waals surface area contributed by atoms with E-state index in [1.165, 1.54) is 18.4 Å². The molecule has 0 atom stereocenters. The SMILES string of the molecule is Cn1ncc2cc(Nc3ncnc4[nH]c(C5=CCN(C(=O)NC(C)(C)CN6CCCC6)CC5)cc34)ccc21. The van der Waals surface area contributed by atoms with Crippen molar-refractivity contribution in [2.24, 2.45) is 7.05 Å². The van der Waals surface area contributed by atoms with E-state index < -0.39 is 0 Å². The number of carbonyl (C=O) groups is 1. The van der Waals surface area contributed by atoms with Crippen molar-refractivity contribution in [2.45, 2.75) is 38.6 Å². The zero-order chi connectivity index (χ0) is 26.3. The van der Waals surface area contributed by atoms with Gasteiger partial charge in [-0.1, -0.05) is 6.08 Å². The van der Waals surface area contributed by atoms with Crippen LogP contribution in [0.25, 0.3) is 27.5 Å². The van der Waals surface area contributed by atoms with Crippen molar-refractivity contribution in [1.82, 2.24) is 39.8 Å². The second-order valence-electron chi connectivity index (χ2n) is 11.1. The number of fused-ring (bicyclic) bond motifs is 2. The number of aromatic nitrogens is 5. The van der Waals surface area contributed by atoms with E-state index in [9.17, 15) is 4.79 Å². The number of nitrogens with zero attached hydrogens (tertiary/aromatic N) is 6. The standard InChI is InChI=1S/C28H35N9O/c1-28(2,17-36-10-4-5-11-36)34-27(38)37-12-8-19(9-13-37)23-15-22-25(29-18-30-26(22)33-23)32-21-6-7-24-20(14-21)16-31-35(24)3/h6-8,14-16,18H,4-5,9-13,17H2,1-3H3,(H,34,38)(H2,29,30,32,33). The van der Waals surface area contributed by atoms with Crippen LogP contribution in [0, 0.1) is 0 Å². The minimum atomic E-state index is -0.258. The van der Waals surface area contributed by atoms with Gasteiger partial charge in [-0.2, -0.15) is 5.10 Å². The fraction of sp³-hybridized carbons (Fsp3) is 0.429. The largest absolute Gasteiger partial charge is 0.340 e. The monoisotopic (exact) mass is 513 g/mol. The lowest BCUT2D eigenvalue weighted by Gasteiger charge is -2.34. The van der Waals surface area contributed by atoms with Gasteiger partial charge in [-0.25, -0.2) is 14.8 Å². The molecule has 2 aliphatic rings. The number of aryl methyl sites for hydroxylation is 1. The average molecular weight is 514 g/mol. The van der Waals surface area contributed by atoms with Crippen LogP contribution in [-0.2, 0) is 7.05 Å². The highest BCUT2D eigenvalue weighted by Gasteiger charge is 2.28. The topological polar surface area (TPSA) is 107 Å². The molecular formula is C28H35N9O. The molecule has 10 nitrogen and oxygen atoms in total. The summed E-state index contributed by atoms with van der Waals surface area (Å²) in [5.41, 5.74) is 4.75. The lowest BCUT2D eigenvalue weighted by molar-refractivity contribution is 0.178. The molecule has 1 fully saturated rings. The van der Waals surface area contributed by atoms with Gasteiger partial charge in [-0.15, -0.1) is 0 Å². The van der Waals surface area contributed by atoms with E-state index in [0.717, 1.165) is 65.2 Å². The summed E-state index contributed by atoms with van der Waals surface area (Å²) in [6.45, 7) is 8.62. The van der Waals surface area contributed by atoms with Crippen LogP contribution in [0.15, 0.2) is 42.9 Å². The number of hydrogen-bond donors (Lipinski definition) is 3. The van der Waals surface area contributed by atoms with E-state index in [1.54, 1.807) is 6.33 Å². The van der Waals surface area contributed by atoms with E-state index in [2.05, 4.69) is 67.6 Å². The van der Waals surface area contributed by atoms with Gasteiger partial charge in [0.15, 0.2) is 0 Å². The van der Waals surface area contributed by atoms with Gasteiger partial charge >= 0.3 is 6.03 Å². The number of hydrogen-bond acceptors (Lipinski definition) is 6. The first-order valence-electron chi connectivity index (χ1n) is 13.4. The van der Waals surface area contributed by atoms with Gasteiger partial charge in [0.2, 0.25) is 0 Å². The summed E-state index contributed by atoms with van der Waals surface area (Å²) >= 11 is 0. The number of likely N-dealkylation sites (tertiary alicyclic amines) is 1. The molecule has 0 radical (unpaired) electrons. The number of urea groups is 1. The van der Waals surface area contributed by atoms with Crippen LogP contribution in [0.4, 0.5) is 16.3 Å². The summed E-state index contributed by atoms with van der Waals surface area (Å²) in [7, 11) is 1.94. The predicted octanol–water partition coefficient (Wildman–Crippen LogP) is 4.26. The maximum atomic E-state index is 13.0. The number of rotatable bonds is 6. The van der Waals surface area contributed by atoms with Crippen LogP contribution in [0.5, 0.6) is 0 Å². The summed E-state index contributed by atoms with van der Waals surface area (Å²) < 4.78 is 1.86. The van der Waals surface area contributed by atoms with E-state index in [1.807, 2.05) is 35.0 Å². The van der Waals surface area contributed by atoms with Crippen molar-refractivity contribution in [3.63, 3.8) is 0 Å². The first-order chi connectivity index (χ1) is 18.3. The maximum absolute atomic E-state index is 13.0. The molecule has 5 heterocycles. The normalized spacial score (nSPS) is 16.8. The number of aromatic amines is 1. The molecule has 0 unspecified atom stereocenters. The Balaban J connectivity index is 1.14. The van der Waals surface area contributed by atoms with Crippen molar-refractivity contribution in [3.8, 4) is 0 Å².